The number of aromatic nitrogens is 1. The Morgan fingerprint density at radius 2 is 1.86 bits per heavy atom. The maximum atomic E-state index is 13.4. The molecule has 2 heterocycles. The second-order valence-electron chi connectivity index (χ2n) is 8.42. The molecule has 0 bridgehead atoms. The normalized spacial score (nSPS) is 17.3. The first-order chi connectivity index (χ1) is 12.9. The van der Waals surface area contributed by atoms with E-state index in [0.717, 1.165) is 43.6 Å². The minimum atomic E-state index is 0. The minimum Gasteiger partial charge on any atom is -0.330 e. The van der Waals surface area contributed by atoms with Gasteiger partial charge in [-0.2, -0.15) is 0 Å². The molecule has 4 nitrogen and oxygen atoms in total. The average Bonchev–Trinajstić information content (AvgIpc) is 2.95. The van der Waals surface area contributed by atoms with Crippen LogP contribution in [0, 0.1) is 0 Å². The summed E-state index contributed by atoms with van der Waals surface area (Å²) in [5.74, 6) is 0.105. The van der Waals surface area contributed by atoms with E-state index >= 15 is 0 Å². The van der Waals surface area contributed by atoms with Gasteiger partial charge in [0.2, 0.25) is 0 Å². The van der Waals surface area contributed by atoms with Gasteiger partial charge in [-0.25, -0.2) is 0 Å². The van der Waals surface area contributed by atoms with Crippen molar-refractivity contribution in [3.8, 4) is 0 Å². The van der Waals surface area contributed by atoms with E-state index in [2.05, 4.69) is 43.2 Å². The molecule has 1 aliphatic heterocycles. The van der Waals surface area contributed by atoms with E-state index in [1.165, 1.54) is 5.56 Å². The number of hydrogen-bond donors (Lipinski definition) is 1. The van der Waals surface area contributed by atoms with E-state index in [1.807, 2.05) is 35.2 Å². The summed E-state index contributed by atoms with van der Waals surface area (Å²) in [6.45, 7) is 9.12. The molecule has 1 N–H and O–H groups in total. The highest BCUT2D eigenvalue weighted by atomic mass is 35.5. The molecule has 1 fully saturated rings. The summed E-state index contributed by atoms with van der Waals surface area (Å²) in [4.78, 5) is 19.9. The smallest absolute Gasteiger partial charge is 0.254 e. The molecule has 1 amide bonds. The number of hydrogen-bond acceptors (Lipinski definition) is 3. The number of rotatable bonds is 4. The fraction of sp³-hybridized carbons (Fsp3) is 0.478. The second kappa shape index (κ2) is 10.0. The van der Waals surface area contributed by atoms with Crippen molar-refractivity contribution in [3.63, 3.8) is 0 Å². The summed E-state index contributed by atoms with van der Waals surface area (Å²) in [6, 6.07) is 14.3. The summed E-state index contributed by atoms with van der Waals surface area (Å²) in [6.07, 6.45) is 4.91. The molecule has 1 aromatic heterocycles. The molecule has 2 aromatic rings. The van der Waals surface area contributed by atoms with Crippen LogP contribution < -0.4 is 5.32 Å². The number of amides is 1. The zero-order chi connectivity index (χ0) is 19.3. The molecule has 1 atom stereocenters. The van der Waals surface area contributed by atoms with Gasteiger partial charge in [0.1, 0.15) is 0 Å². The third-order valence-corrected chi connectivity index (χ3v) is 5.30. The first-order valence-corrected chi connectivity index (χ1v) is 9.97. The van der Waals surface area contributed by atoms with E-state index in [4.69, 9.17) is 0 Å². The molecule has 3 rings (SSSR count). The van der Waals surface area contributed by atoms with Gasteiger partial charge < -0.3 is 10.2 Å². The first-order valence-electron chi connectivity index (χ1n) is 9.97. The molecule has 1 aliphatic rings. The van der Waals surface area contributed by atoms with Gasteiger partial charge in [0.05, 0.1) is 12.2 Å². The van der Waals surface area contributed by atoms with Crippen molar-refractivity contribution in [3.05, 3.63) is 65.5 Å². The predicted molar refractivity (Wildman–Crippen MR) is 117 cm³/mol. The molecule has 5 heteroatoms. The Balaban J connectivity index is 0.00000280. The lowest BCUT2D eigenvalue weighted by Gasteiger charge is -2.31. The van der Waals surface area contributed by atoms with Crippen LogP contribution in [0.2, 0.25) is 0 Å². The van der Waals surface area contributed by atoms with Gasteiger partial charge >= 0.3 is 0 Å². The third kappa shape index (κ3) is 5.79. The van der Waals surface area contributed by atoms with Crippen molar-refractivity contribution in [2.45, 2.75) is 58.0 Å². The Bertz CT molecular complexity index is 733. The van der Waals surface area contributed by atoms with E-state index < -0.39 is 0 Å². The summed E-state index contributed by atoms with van der Waals surface area (Å²) in [7, 11) is 0. The Hall–Kier alpha value is -1.91. The maximum absolute atomic E-state index is 13.4. The number of halogens is 1. The fourth-order valence-corrected chi connectivity index (χ4v) is 3.62. The van der Waals surface area contributed by atoms with Gasteiger partial charge in [-0.3, -0.25) is 9.78 Å². The Morgan fingerprint density at radius 3 is 2.50 bits per heavy atom. The molecule has 1 saturated heterocycles. The largest absolute Gasteiger partial charge is 0.330 e. The zero-order valence-corrected chi connectivity index (χ0v) is 18.0. The molecular formula is C23H32ClN3O. The second-order valence-corrected chi connectivity index (χ2v) is 8.42. The average molecular weight is 402 g/mol. The van der Waals surface area contributed by atoms with Crippen LogP contribution in [0.5, 0.6) is 0 Å². The van der Waals surface area contributed by atoms with Gasteiger partial charge in [0.15, 0.2) is 0 Å². The first kappa shape index (κ1) is 22.4. The quantitative estimate of drug-likeness (QED) is 0.815. The number of nitrogens with one attached hydrogen (secondary N) is 1. The van der Waals surface area contributed by atoms with Crippen LogP contribution in [-0.4, -0.2) is 34.9 Å². The van der Waals surface area contributed by atoms with Crippen molar-refractivity contribution >= 4 is 18.3 Å². The van der Waals surface area contributed by atoms with Crippen molar-refractivity contribution < 1.29 is 4.79 Å². The highest BCUT2D eigenvalue weighted by Gasteiger charge is 2.26. The van der Waals surface area contributed by atoms with E-state index in [0.29, 0.717) is 6.54 Å². The van der Waals surface area contributed by atoms with Crippen molar-refractivity contribution in [2.24, 2.45) is 0 Å². The standard InChI is InChI=1S/C23H31N3O.ClH/c1-23(2,3)19-11-9-18(10-12-19)22(27)26(17-20-7-4-5-15-25-20)21-8-6-14-24-16-13-21;/h4-5,7,9-12,15,21,24H,6,8,13-14,16-17H2,1-3H3;1H. The van der Waals surface area contributed by atoms with Crippen LogP contribution in [0.4, 0.5) is 0 Å². The Kier molecular flexibility index (Phi) is 8.02. The molecule has 0 saturated carbocycles. The van der Waals surface area contributed by atoms with Gasteiger partial charge in [-0.05, 0) is 67.6 Å². The summed E-state index contributed by atoms with van der Waals surface area (Å²) in [5, 5.41) is 3.45. The SMILES string of the molecule is CC(C)(C)c1ccc(C(=O)N(Cc2ccccn2)C2CCCNCC2)cc1.Cl. The summed E-state index contributed by atoms with van der Waals surface area (Å²) < 4.78 is 0. The van der Waals surface area contributed by atoms with Crippen LogP contribution in [0.15, 0.2) is 48.7 Å². The third-order valence-electron chi connectivity index (χ3n) is 5.30. The van der Waals surface area contributed by atoms with Gasteiger partial charge in [0, 0.05) is 17.8 Å². The highest BCUT2D eigenvalue weighted by Crippen LogP contribution is 2.24. The minimum absolute atomic E-state index is 0. The lowest BCUT2D eigenvalue weighted by Crippen LogP contribution is -2.40. The van der Waals surface area contributed by atoms with Crippen molar-refractivity contribution in [1.29, 1.82) is 0 Å². The predicted octanol–water partition coefficient (Wildman–Crippen LogP) is 4.59. The summed E-state index contributed by atoms with van der Waals surface area (Å²) in [5.41, 5.74) is 3.03. The Morgan fingerprint density at radius 1 is 1.11 bits per heavy atom. The number of nitrogens with zero attached hydrogens (tertiary/aromatic N) is 2. The highest BCUT2D eigenvalue weighted by molar-refractivity contribution is 5.94. The van der Waals surface area contributed by atoms with Gasteiger partial charge in [0.25, 0.3) is 5.91 Å². The zero-order valence-electron chi connectivity index (χ0n) is 17.1. The molecule has 0 aliphatic carbocycles. The van der Waals surface area contributed by atoms with Crippen LogP contribution >= 0.6 is 12.4 Å². The Labute approximate surface area is 175 Å². The molecule has 1 aromatic carbocycles. The van der Waals surface area contributed by atoms with E-state index in [-0.39, 0.29) is 29.8 Å². The molecule has 1 unspecified atom stereocenters. The summed E-state index contributed by atoms with van der Waals surface area (Å²) >= 11 is 0. The van der Waals surface area contributed by atoms with Crippen LogP contribution in [0.25, 0.3) is 0 Å². The molecule has 0 radical (unpaired) electrons. The number of benzene rings is 1. The molecule has 152 valence electrons. The van der Waals surface area contributed by atoms with Crippen LogP contribution in [0.1, 0.15) is 61.6 Å². The fourth-order valence-electron chi connectivity index (χ4n) is 3.62. The van der Waals surface area contributed by atoms with Crippen molar-refractivity contribution in [2.75, 3.05) is 13.1 Å². The van der Waals surface area contributed by atoms with Gasteiger partial charge in [-0.1, -0.05) is 39.0 Å². The lowest BCUT2D eigenvalue weighted by atomic mass is 9.86. The lowest BCUT2D eigenvalue weighted by molar-refractivity contribution is 0.0642. The molecule has 0 spiro atoms. The monoisotopic (exact) mass is 401 g/mol. The van der Waals surface area contributed by atoms with E-state index in [9.17, 15) is 4.79 Å². The van der Waals surface area contributed by atoms with Crippen LogP contribution in [0.3, 0.4) is 0 Å². The van der Waals surface area contributed by atoms with Crippen molar-refractivity contribution in [1.82, 2.24) is 15.2 Å². The number of carbonyl (C=O) groups is 1. The molecular weight excluding hydrogens is 370 g/mol. The van der Waals surface area contributed by atoms with Crippen LogP contribution in [-0.2, 0) is 12.0 Å². The van der Waals surface area contributed by atoms with Gasteiger partial charge in [-0.15, -0.1) is 12.4 Å². The maximum Gasteiger partial charge on any atom is 0.254 e. The molecule has 28 heavy (non-hydrogen) atoms. The van der Waals surface area contributed by atoms with E-state index in [1.54, 1.807) is 6.20 Å². The topological polar surface area (TPSA) is 45.2 Å². The number of pyridine rings is 1. The number of carbonyl (C=O) groups excluding carboxylic acids is 1.